The number of nitrogens with one attached hydrogen (secondary N) is 1. The number of rotatable bonds is 6. The SMILES string of the molecule is COc1ccccc1C1c2cccn2CCN1C(=O)CN(C(=O)Nc1ccc(F)cc1F)C(C)C. The third-order valence-electron chi connectivity index (χ3n) is 6.15. The van der Waals surface area contributed by atoms with E-state index in [2.05, 4.69) is 9.88 Å². The molecule has 1 unspecified atom stereocenters. The topological polar surface area (TPSA) is 66.8 Å². The number of halogens is 2. The van der Waals surface area contributed by atoms with Crippen LogP contribution in [0.3, 0.4) is 0 Å². The van der Waals surface area contributed by atoms with Gasteiger partial charge in [-0.15, -0.1) is 0 Å². The van der Waals surface area contributed by atoms with Crippen molar-refractivity contribution in [1.82, 2.24) is 14.4 Å². The molecule has 1 aliphatic heterocycles. The van der Waals surface area contributed by atoms with Crippen molar-refractivity contribution in [2.75, 3.05) is 25.5 Å². The molecule has 35 heavy (non-hydrogen) atoms. The third kappa shape index (κ3) is 4.99. The molecule has 0 bridgehead atoms. The van der Waals surface area contributed by atoms with Crippen molar-refractivity contribution in [3.05, 3.63) is 83.7 Å². The number of hydrogen-bond donors (Lipinski definition) is 1. The highest BCUT2D eigenvalue weighted by atomic mass is 19.1. The zero-order valence-corrected chi connectivity index (χ0v) is 19.9. The normalized spacial score (nSPS) is 15.0. The first-order valence-electron chi connectivity index (χ1n) is 11.4. The Hall–Kier alpha value is -3.88. The van der Waals surface area contributed by atoms with Crippen molar-refractivity contribution in [3.8, 4) is 5.75 Å². The predicted octanol–water partition coefficient (Wildman–Crippen LogP) is 4.65. The number of ether oxygens (including phenoxy) is 1. The molecule has 4 rings (SSSR count). The average molecular weight is 483 g/mol. The lowest BCUT2D eigenvalue weighted by molar-refractivity contribution is -0.134. The lowest BCUT2D eigenvalue weighted by Gasteiger charge is -2.39. The van der Waals surface area contributed by atoms with Crippen LogP contribution in [-0.2, 0) is 11.3 Å². The summed E-state index contributed by atoms with van der Waals surface area (Å²) in [5.74, 6) is -1.22. The van der Waals surface area contributed by atoms with Gasteiger partial charge in [0.2, 0.25) is 5.91 Å². The molecule has 0 fully saturated rings. The second kappa shape index (κ2) is 10.2. The predicted molar refractivity (Wildman–Crippen MR) is 128 cm³/mol. The molecular formula is C26H28F2N4O3. The fourth-order valence-corrected chi connectivity index (χ4v) is 4.37. The van der Waals surface area contributed by atoms with Gasteiger partial charge in [-0.3, -0.25) is 4.79 Å². The minimum Gasteiger partial charge on any atom is -0.496 e. The Morgan fingerprint density at radius 2 is 1.89 bits per heavy atom. The largest absolute Gasteiger partial charge is 0.496 e. The Labute approximate surface area is 202 Å². The number of carbonyl (C=O) groups excluding carboxylic acids is 2. The van der Waals surface area contributed by atoms with E-state index in [4.69, 9.17) is 4.74 Å². The summed E-state index contributed by atoms with van der Waals surface area (Å²) in [6.07, 6.45) is 1.98. The molecule has 184 valence electrons. The highest BCUT2D eigenvalue weighted by molar-refractivity contribution is 5.93. The minimum absolute atomic E-state index is 0.155. The molecule has 0 aliphatic carbocycles. The maximum Gasteiger partial charge on any atom is 0.322 e. The van der Waals surface area contributed by atoms with Gasteiger partial charge >= 0.3 is 6.03 Å². The van der Waals surface area contributed by atoms with Gasteiger partial charge in [-0.2, -0.15) is 0 Å². The highest BCUT2D eigenvalue weighted by Gasteiger charge is 2.35. The first-order valence-corrected chi connectivity index (χ1v) is 11.4. The van der Waals surface area contributed by atoms with Crippen LogP contribution in [0.5, 0.6) is 5.75 Å². The van der Waals surface area contributed by atoms with Gasteiger partial charge in [0.1, 0.15) is 30.0 Å². The number of hydrogen-bond acceptors (Lipinski definition) is 3. The zero-order chi connectivity index (χ0) is 25.1. The Morgan fingerprint density at radius 1 is 1.11 bits per heavy atom. The summed E-state index contributed by atoms with van der Waals surface area (Å²) < 4.78 is 35.0. The molecule has 3 aromatic rings. The Morgan fingerprint density at radius 3 is 2.60 bits per heavy atom. The monoisotopic (exact) mass is 482 g/mol. The summed E-state index contributed by atoms with van der Waals surface area (Å²) in [5.41, 5.74) is 1.64. The molecule has 0 saturated heterocycles. The molecule has 0 spiro atoms. The van der Waals surface area contributed by atoms with E-state index in [0.717, 1.165) is 23.4 Å². The number of fused-ring (bicyclic) bond motifs is 1. The third-order valence-corrected chi connectivity index (χ3v) is 6.15. The summed E-state index contributed by atoms with van der Waals surface area (Å²) in [6.45, 7) is 4.40. The van der Waals surface area contributed by atoms with Crippen molar-refractivity contribution in [1.29, 1.82) is 0 Å². The Bertz CT molecular complexity index is 1230. The molecule has 1 atom stereocenters. The summed E-state index contributed by atoms with van der Waals surface area (Å²) in [5, 5.41) is 2.45. The Balaban J connectivity index is 1.60. The molecule has 1 N–H and O–H groups in total. The number of methoxy groups -OCH3 is 1. The number of anilines is 1. The lowest BCUT2D eigenvalue weighted by Crippen LogP contribution is -2.50. The molecule has 1 aliphatic rings. The molecule has 3 amide bonds. The molecule has 9 heteroatoms. The number of aromatic nitrogens is 1. The summed E-state index contributed by atoms with van der Waals surface area (Å²) in [7, 11) is 1.59. The van der Waals surface area contributed by atoms with Gasteiger partial charge < -0.3 is 24.4 Å². The van der Waals surface area contributed by atoms with E-state index >= 15 is 0 Å². The molecule has 0 radical (unpaired) electrons. The van der Waals surface area contributed by atoms with Gasteiger partial charge in [0, 0.05) is 42.7 Å². The molecular weight excluding hydrogens is 454 g/mol. The number of urea groups is 1. The number of carbonyl (C=O) groups is 2. The van der Waals surface area contributed by atoms with Crippen LogP contribution in [0.1, 0.15) is 31.1 Å². The number of nitrogens with zero attached hydrogens (tertiary/aromatic N) is 3. The maximum absolute atomic E-state index is 14.1. The van der Waals surface area contributed by atoms with E-state index in [-0.39, 0.29) is 24.2 Å². The zero-order valence-electron chi connectivity index (χ0n) is 19.9. The summed E-state index contributed by atoms with van der Waals surface area (Å²) in [6, 6.07) is 13.0. The molecule has 7 nitrogen and oxygen atoms in total. The van der Waals surface area contributed by atoms with E-state index < -0.39 is 23.7 Å². The summed E-state index contributed by atoms with van der Waals surface area (Å²) in [4.78, 5) is 29.7. The van der Waals surface area contributed by atoms with Gasteiger partial charge in [-0.25, -0.2) is 13.6 Å². The van der Waals surface area contributed by atoms with Crippen LogP contribution in [-0.4, -0.2) is 52.5 Å². The van der Waals surface area contributed by atoms with Crippen molar-refractivity contribution >= 4 is 17.6 Å². The van der Waals surface area contributed by atoms with E-state index in [1.54, 1.807) is 25.9 Å². The molecule has 1 aromatic heterocycles. The van der Waals surface area contributed by atoms with Crippen molar-refractivity contribution in [2.24, 2.45) is 0 Å². The number of amides is 3. The fraction of sp³-hybridized carbons (Fsp3) is 0.308. The average Bonchev–Trinajstić information content (AvgIpc) is 3.32. The van der Waals surface area contributed by atoms with E-state index in [1.165, 1.54) is 4.90 Å². The fourth-order valence-electron chi connectivity index (χ4n) is 4.37. The number of para-hydroxylation sites is 1. The van der Waals surface area contributed by atoms with Crippen molar-refractivity contribution < 1.29 is 23.1 Å². The van der Waals surface area contributed by atoms with Crippen LogP contribution in [0.2, 0.25) is 0 Å². The molecule has 2 aromatic carbocycles. The first-order chi connectivity index (χ1) is 16.8. The van der Waals surface area contributed by atoms with Crippen LogP contribution < -0.4 is 10.1 Å². The Kier molecular flexibility index (Phi) is 7.04. The quantitative estimate of drug-likeness (QED) is 0.556. The van der Waals surface area contributed by atoms with Crippen molar-refractivity contribution in [2.45, 2.75) is 32.5 Å². The van der Waals surface area contributed by atoms with Crippen LogP contribution in [0.4, 0.5) is 19.3 Å². The van der Waals surface area contributed by atoms with Gasteiger partial charge in [0.15, 0.2) is 0 Å². The standard InChI is InChI=1S/C26H28F2N4O3/c1-17(2)32(26(34)29-21-11-10-18(27)15-20(21)28)16-24(33)31-14-13-30-12-6-8-22(30)25(31)19-7-4-5-9-23(19)35-3/h4-12,15,17,25H,13-14,16H2,1-3H3,(H,29,34). The minimum atomic E-state index is -0.888. The number of benzene rings is 2. The van der Waals surface area contributed by atoms with Crippen LogP contribution in [0.15, 0.2) is 60.8 Å². The summed E-state index contributed by atoms with van der Waals surface area (Å²) >= 11 is 0. The van der Waals surface area contributed by atoms with Gasteiger partial charge in [0.25, 0.3) is 0 Å². The van der Waals surface area contributed by atoms with Crippen LogP contribution >= 0.6 is 0 Å². The van der Waals surface area contributed by atoms with Gasteiger partial charge in [0.05, 0.1) is 12.8 Å². The van der Waals surface area contributed by atoms with E-state index in [0.29, 0.717) is 24.9 Å². The second-order valence-electron chi connectivity index (χ2n) is 8.63. The molecule has 0 saturated carbocycles. The molecule has 2 heterocycles. The van der Waals surface area contributed by atoms with E-state index in [9.17, 15) is 18.4 Å². The smallest absolute Gasteiger partial charge is 0.322 e. The maximum atomic E-state index is 14.1. The van der Waals surface area contributed by atoms with E-state index in [1.807, 2.05) is 42.6 Å². The van der Waals surface area contributed by atoms with Gasteiger partial charge in [-0.05, 0) is 44.2 Å². The van der Waals surface area contributed by atoms with Crippen molar-refractivity contribution in [3.63, 3.8) is 0 Å². The first kappa shape index (κ1) is 24.3. The van der Waals surface area contributed by atoms with Crippen LogP contribution in [0, 0.1) is 11.6 Å². The highest BCUT2D eigenvalue weighted by Crippen LogP contribution is 2.37. The van der Waals surface area contributed by atoms with Crippen LogP contribution in [0.25, 0.3) is 0 Å². The lowest BCUT2D eigenvalue weighted by atomic mass is 9.98. The second-order valence-corrected chi connectivity index (χ2v) is 8.63. The van der Waals surface area contributed by atoms with Gasteiger partial charge in [-0.1, -0.05) is 18.2 Å².